The lowest BCUT2D eigenvalue weighted by atomic mass is 9.76. The number of aliphatic hydroxyl groups excluding tert-OH is 4. The Hall–Kier alpha value is -8.72. The fourth-order valence-electron chi connectivity index (χ4n) is 13.6. The van der Waals surface area contributed by atoms with Gasteiger partial charge in [0.1, 0.15) is 5.78 Å². The monoisotopic (exact) mass is 1070 g/mol. The number of phenols is 4. The third-order valence-corrected chi connectivity index (χ3v) is 16.3. The van der Waals surface area contributed by atoms with E-state index in [0.29, 0.717) is 43.5 Å². The minimum absolute atomic E-state index is 0.0386. The van der Waals surface area contributed by atoms with Gasteiger partial charge in [-0.3, -0.25) is 28.8 Å². The van der Waals surface area contributed by atoms with Crippen LogP contribution in [-0.4, -0.2) is 91.6 Å². The van der Waals surface area contributed by atoms with Crippen LogP contribution in [0.1, 0.15) is 78.1 Å². The predicted octanol–water partition coefficient (Wildman–Crippen LogP) is 5.52. The van der Waals surface area contributed by atoms with E-state index in [-0.39, 0.29) is 146 Å². The van der Waals surface area contributed by atoms with E-state index in [0.717, 1.165) is 6.07 Å². The molecule has 0 radical (unpaired) electrons. The molecule has 0 amide bonds. The number of Topliss-reactive ketones (excluding diaryl/α,β-unsaturated/α-hetero) is 2. The quantitative estimate of drug-likeness (QED) is 0.0602. The second-order valence-electron chi connectivity index (χ2n) is 20.5. The molecule has 10 aromatic carbocycles. The molecular weight excluding hydrogens is 1020 g/mol. The minimum Gasteiger partial charge on any atom is -0.504 e. The maximum absolute atomic E-state index is 13.5. The molecule has 79 heavy (non-hydrogen) atoms. The average Bonchev–Trinajstić information content (AvgIpc) is 2.14. The first-order valence-electron chi connectivity index (χ1n) is 24.8. The second kappa shape index (κ2) is 17.9. The molecule has 0 aliphatic heterocycles. The Morgan fingerprint density at radius 2 is 0.835 bits per heavy atom. The van der Waals surface area contributed by atoms with Crippen molar-refractivity contribution in [3.8, 4) is 46.0 Å². The summed E-state index contributed by atoms with van der Waals surface area (Å²) in [7, 11) is 5.24. The van der Waals surface area contributed by atoms with E-state index < -0.39 is 82.7 Å². The number of methoxy groups -OCH3 is 4. The van der Waals surface area contributed by atoms with Gasteiger partial charge in [-0.05, 0) is 118 Å². The van der Waals surface area contributed by atoms with Crippen molar-refractivity contribution in [2.75, 3.05) is 28.4 Å². The van der Waals surface area contributed by atoms with Gasteiger partial charge in [-0.2, -0.15) is 0 Å². The molecule has 9 N–H and O–H groups in total. The Kier molecular flexibility index (Phi) is 11.9. The van der Waals surface area contributed by atoms with Crippen molar-refractivity contribution in [1.82, 2.24) is 0 Å². The van der Waals surface area contributed by atoms with Crippen LogP contribution in [-0.2, 0) is 48.9 Å². The molecule has 12 rings (SSSR count). The van der Waals surface area contributed by atoms with Crippen LogP contribution < -0.4 is 40.7 Å². The Bertz CT molecular complexity index is 4710. The number of phenolic OH excluding ortho intramolecular Hbond substituents is 4. The lowest BCUT2D eigenvalue weighted by Crippen LogP contribution is -2.38. The summed E-state index contributed by atoms with van der Waals surface area (Å²) in [6, 6.07) is 4.73. The van der Waals surface area contributed by atoms with Gasteiger partial charge in [0.15, 0.2) is 73.5 Å². The average molecular weight is 1080 g/mol. The molecule has 19 nitrogen and oxygen atoms in total. The highest BCUT2D eigenvalue weighted by Crippen LogP contribution is 2.60. The van der Waals surface area contributed by atoms with Gasteiger partial charge in [0, 0.05) is 61.2 Å². The van der Waals surface area contributed by atoms with Crippen LogP contribution in [0.15, 0.2) is 49.0 Å². The number of rotatable bonds is 10. The molecule has 0 aromatic heterocycles. The number of fused-ring (bicyclic) bond motifs is 2. The van der Waals surface area contributed by atoms with Gasteiger partial charge in [0.05, 0.1) is 87.9 Å². The summed E-state index contributed by atoms with van der Waals surface area (Å²) in [5.41, 5.74) is -1.56. The number of aliphatic hydroxyl groups is 5. The Labute approximate surface area is 444 Å². The lowest BCUT2D eigenvalue weighted by Gasteiger charge is -2.32. The fraction of sp³-hybridized carbons (Fsp3) is 0.267. The molecular formula is C60H50O19. The van der Waals surface area contributed by atoms with Gasteiger partial charge >= 0.3 is 0 Å². The normalized spacial score (nSPS) is 16.1. The van der Waals surface area contributed by atoms with E-state index in [2.05, 4.69) is 0 Å². The van der Waals surface area contributed by atoms with Crippen molar-refractivity contribution >= 4 is 103 Å². The molecule has 404 valence electrons. The number of allylic oxidation sites excluding steroid dienone is 2. The largest absolute Gasteiger partial charge is 0.504 e. The number of ether oxygens (including phenoxy) is 4. The molecule has 0 heterocycles. The summed E-state index contributed by atoms with van der Waals surface area (Å²) in [4.78, 5) is 80.2. The summed E-state index contributed by atoms with van der Waals surface area (Å²) in [6.07, 6.45) is -0.0944. The molecule has 2 unspecified atom stereocenters. The van der Waals surface area contributed by atoms with Crippen LogP contribution in [0.5, 0.6) is 46.0 Å². The van der Waals surface area contributed by atoms with E-state index in [1.807, 2.05) is 0 Å². The molecule has 0 fully saturated rings. The van der Waals surface area contributed by atoms with Gasteiger partial charge in [-0.25, -0.2) is 0 Å². The highest BCUT2D eigenvalue weighted by atomic mass is 16.5. The second-order valence-corrected chi connectivity index (χ2v) is 20.5. The minimum atomic E-state index is -1.82. The standard InChI is InChI=1S/C30H26O10.C30H24O9/c1-10(33)25-24-23-18-13(7-30(25,2)38)28(39-3)26(36)19-14(34)5-11(8-31)16(21(18)19)17-12(9-32)6-15(35)20(22(17)23)27(37)29(24)40-4;1-10-5-14-20-23-18(12(8-31)6-15(34)21(23)27(36)29(14)38-3)19-13(9-32)7-16(35)22-24(19)25(20)26(17(10)11(2)33)30(39-4)28(22)37/h5-6,25,31-32,36-38H,7-9H2,1-4H3;6-7,31-32,36-37H,5,8-9H2,1-4H3. The first kappa shape index (κ1) is 52.3. The number of hydrogen-bond donors (Lipinski definition) is 9. The summed E-state index contributed by atoms with van der Waals surface area (Å²) in [5, 5.41) is 102. The number of ketones is 2. The van der Waals surface area contributed by atoms with Crippen molar-refractivity contribution < 1.29 is 74.5 Å². The first-order valence-corrected chi connectivity index (χ1v) is 24.8. The maximum Gasteiger partial charge on any atom is 0.190 e. The van der Waals surface area contributed by atoms with Crippen LogP contribution in [0.3, 0.4) is 0 Å². The zero-order valence-corrected chi connectivity index (χ0v) is 43.7. The van der Waals surface area contributed by atoms with E-state index in [9.17, 15) is 74.7 Å². The Morgan fingerprint density at radius 3 is 1.20 bits per heavy atom. The topological polar surface area (TPSA) is 321 Å². The van der Waals surface area contributed by atoms with E-state index in [4.69, 9.17) is 18.9 Å². The maximum atomic E-state index is 13.5. The zero-order valence-electron chi connectivity index (χ0n) is 43.7. The fourth-order valence-corrected chi connectivity index (χ4v) is 13.6. The summed E-state index contributed by atoms with van der Waals surface area (Å²) in [5.74, 6) is -4.29. The Balaban J connectivity index is 0.000000167. The number of carbonyl (C=O) groups is 2. The van der Waals surface area contributed by atoms with Gasteiger partial charge in [-0.15, -0.1) is 0 Å². The molecule has 0 spiro atoms. The smallest absolute Gasteiger partial charge is 0.190 e. The van der Waals surface area contributed by atoms with Crippen LogP contribution in [0.2, 0.25) is 0 Å². The lowest BCUT2D eigenvalue weighted by molar-refractivity contribution is -0.124. The van der Waals surface area contributed by atoms with E-state index >= 15 is 0 Å². The molecule has 0 bridgehead atoms. The van der Waals surface area contributed by atoms with Crippen molar-refractivity contribution in [2.45, 2.75) is 78.5 Å². The summed E-state index contributed by atoms with van der Waals surface area (Å²) < 4.78 is 22.4. The van der Waals surface area contributed by atoms with Crippen LogP contribution in [0.4, 0.5) is 0 Å². The van der Waals surface area contributed by atoms with Crippen molar-refractivity contribution in [3.05, 3.63) is 115 Å². The third-order valence-electron chi connectivity index (χ3n) is 16.3. The van der Waals surface area contributed by atoms with Crippen molar-refractivity contribution in [3.63, 3.8) is 0 Å². The van der Waals surface area contributed by atoms with Gasteiger partial charge in [0.2, 0.25) is 0 Å². The van der Waals surface area contributed by atoms with E-state index in [1.165, 1.54) is 67.4 Å². The number of aromatic hydroxyl groups is 4. The molecule has 2 aliphatic rings. The summed E-state index contributed by atoms with van der Waals surface area (Å²) >= 11 is 0. The number of hydrogen-bond acceptors (Lipinski definition) is 19. The number of carbonyl (C=O) groups excluding carboxylic acids is 2. The molecule has 0 saturated carbocycles. The van der Waals surface area contributed by atoms with Crippen molar-refractivity contribution in [1.29, 1.82) is 0 Å². The molecule has 2 atom stereocenters. The van der Waals surface area contributed by atoms with Gasteiger partial charge < -0.3 is 64.9 Å². The molecule has 2 aliphatic carbocycles. The number of benzene rings is 10. The predicted molar refractivity (Wildman–Crippen MR) is 294 cm³/mol. The zero-order chi connectivity index (χ0) is 57.1. The Morgan fingerprint density at radius 1 is 0.494 bits per heavy atom. The van der Waals surface area contributed by atoms with Gasteiger partial charge in [-0.1, -0.05) is 5.57 Å². The van der Waals surface area contributed by atoms with E-state index in [1.54, 1.807) is 6.92 Å². The van der Waals surface area contributed by atoms with Crippen molar-refractivity contribution in [2.24, 2.45) is 0 Å². The molecule has 10 aromatic rings. The van der Waals surface area contributed by atoms with Gasteiger partial charge in [0.25, 0.3) is 0 Å². The van der Waals surface area contributed by atoms with Crippen LogP contribution in [0.25, 0.3) is 91.8 Å². The third kappa shape index (κ3) is 6.58. The molecule has 0 saturated heterocycles. The SMILES string of the molecule is COc1c(O)c2c(=O)cc(CO)c3c4c(CO)cc(=O)c5c(O)c(OC)c6c(c(c1CC(C)(O)C6C(C)=O)c23)c54.COc1c(O)c2c(=O)cc(CO)c3c4c(CO)cc(=O)c5c(O)c(OC)c6c(c(c1CC(C)=C6C(C)=O)c23)c54. The van der Waals surface area contributed by atoms with Crippen LogP contribution in [0, 0.1) is 0 Å². The molecule has 19 heteroatoms. The van der Waals surface area contributed by atoms with Crippen LogP contribution >= 0.6 is 0 Å². The summed E-state index contributed by atoms with van der Waals surface area (Å²) in [6.45, 7) is 3.53. The highest BCUT2D eigenvalue weighted by Gasteiger charge is 2.46. The first-order chi connectivity index (χ1) is 37.6. The highest BCUT2D eigenvalue weighted by molar-refractivity contribution is 6.42.